The molecule has 0 unspecified atom stereocenters. The SMILES string of the molecule is CCN1CCN(C23CC4CC(CC(C4)C2)C3)CC1. The highest BCUT2D eigenvalue weighted by atomic mass is 15.3. The zero-order valence-electron chi connectivity index (χ0n) is 11.9. The van der Waals surface area contributed by atoms with Gasteiger partial charge in [0.15, 0.2) is 0 Å². The van der Waals surface area contributed by atoms with Gasteiger partial charge in [0, 0.05) is 31.7 Å². The zero-order valence-corrected chi connectivity index (χ0v) is 11.9. The van der Waals surface area contributed by atoms with E-state index in [-0.39, 0.29) is 0 Å². The van der Waals surface area contributed by atoms with Crippen LogP contribution in [-0.2, 0) is 0 Å². The van der Waals surface area contributed by atoms with E-state index in [1.165, 1.54) is 32.7 Å². The highest BCUT2D eigenvalue weighted by Gasteiger charge is 2.53. The van der Waals surface area contributed by atoms with Crippen LogP contribution in [0.15, 0.2) is 0 Å². The van der Waals surface area contributed by atoms with Gasteiger partial charge in [0.2, 0.25) is 0 Å². The van der Waals surface area contributed by atoms with Crippen molar-refractivity contribution >= 4 is 0 Å². The number of hydrogen-bond donors (Lipinski definition) is 0. The second-order valence-electron chi connectivity index (χ2n) is 7.56. The second-order valence-corrected chi connectivity index (χ2v) is 7.56. The highest BCUT2D eigenvalue weighted by Crippen LogP contribution is 2.57. The van der Waals surface area contributed by atoms with E-state index in [2.05, 4.69) is 16.7 Å². The Balaban J connectivity index is 1.50. The lowest BCUT2D eigenvalue weighted by Crippen LogP contribution is -2.63. The monoisotopic (exact) mass is 248 g/mol. The fourth-order valence-electron chi connectivity index (χ4n) is 5.99. The molecule has 102 valence electrons. The van der Waals surface area contributed by atoms with Gasteiger partial charge in [-0.1, -0.05) is 6.92 Å². The van der Waals surface area contributed by atoms with Gasteiger partial charge in [0.05, 0.1) is 0 Å². The number of hydrogen-bond acceptors (Lipinski definition) is 2. The van der Waals surface area contributed by atoms with Gasteiger partial charge in [-0.2, -0.15) is 0 Å². The van der Waals surface area contributed by atoms with Crippen molar-refractivity contribution in [3.8, 4) is 0 Å². The Labute approximate surface area is 112 Å². The van der Waals surface area contributed by atoms with Gasteiger partial charge in [-0.05, 0) is 62.8 Å². The van der Waals surface area contributed by atoms with Crippen LogP contribution in [0.3, 0.4) is 0 Å². The normalized spacial score (nSPS) is 48.8. The molecule has 0 radical (unpaired) electrons. The third-order valence-electron chi connectivity index (χ3n) is 6.50. The fraction of sp³-hybridized carbons (Fsp3) is 1.00. The molecule has 1 aliphatic heterocycles. The van der Waals surface area contributed by atoms with E-state index in [9.17, 15) is 0 Å². The van der Waals surface area contributed by atoms with Crippen LogP contribution in [0.2, 0.25) is 0 Å². The maximum absolute atomic E-state index is 2.92. The third kappa shape index (κ3) is 1.76. The molecule has 0 aromatic rings. The van der Waals surface area contributed by atoms with Crippen molar-refractivity contribution in [1.82, 2.24) is 9.80 Å². The van der Waals surface area contributed by atoms with Crippen molar-refractivity contribution in [3.63, 3.8) is 0 Å². The van der Waals surface area contributed by atoms with Crippen LogP contribution in [-0.4, -0.2) is 48.1 Å². The lowest BCUT2D eigenvalue weighted by atomic mass is 9.52. The zero-order chi connectivity index (χ0) is 12.2. The quantitative estimate of drug-likeness (QED) is 0.741. The number of piperazine rings is 1. The molecule has 0 N–H and O–H groups in total. The van der Waals surface area contributed by atoms with Crippen molar-refractivity contribution in [1.29, 1.82) is 0 Å². The Morgan fingerprint density at radius 2 is 1.33 bits per heavy atom. The van der Waals surface area contributed by atoms with E-state index >= 15 is 0 Å². The first kappa shape index (κ1) is 11.7. The van der Waals surface area contributed by atoms with Gasteiger partial charge < -0.3 is 4.90 Å². The van der Waals surface area contributed by atoms with Crippen LogP contribution >= 0.6 is 0 Å². The van der Waals surface area contributed by atoms with Crippen molar-refractivity contribution in [2.45, 2.75) is 51.0 Å². The maximum Gasteiger partial charge on any atom is 0.0218 e. The molecule has 4 bridgehead atoms. The Hall–Kier alpha value is -0.0800. The van der Waals surface area contributed by atoms with E-state index in [1.807, 2.05) is 0 Å². The van der Waals surface area contributed by atoms with E-state index < -0.39 is 0 Å². The lowest BCUT2D eigenvalue weighted by molar-refractivity contribution is -0.101. The minimum atomic E-state index is 0.661. The summed E-state index contributed by atoms with van der Waals surface area (Å²) in [5.41, 5.74) is 0.661. The lowest BCUT2D eigenvalue weighted by Gasteiger charge is -2.61. The van der Waals surface area contributed by atoms with Crippen molar-refractivity contribution in [3.05, 3.63) is 0 Å². The van der Waals surface area contributed by atoms with Crippen LogP contribution < -0.4 is 0 Å². The molecule has 0 spiro atoms. The average Bonchev–Trinajstić information content (AvgIpc) is 2.37. The van der Waals surface area contributed by atoms with Gasteiger partial charge in [-0.3, -0.25) is 4.90 Å². The number of likely N-dealkylation sites (N-methyl/N-ethyl adjacent to an activating group) is 1. The molecule has 2 heteroatoms. The molecule has 1 saturated heterocycles. The fourth-order valence-corrected chi connectivity index (χ4v) is 5.99. The summed E-state index contributed by atoms with van der Waals surface area (Å²) in [5, 5.41) is 0. The molecule has 0 aromatic carbocycles. The second kappa shape index (κ2) is 4.21. The molecule has 1 heterocycles. The molecule has 4 aliphatic carbocycles. The first-order valence-corrected chi connectivity index (χ1v) is 8.25. The van der Waals surface area contributed by atoms with Gasteiger partial charge in [-0.15, -0.1) is 0 Å². The average molecular weight is 248 g/mol. The van der Waals surface area contributed by atoms with Crippen LogP contribution in [0.25, 0.3) is 0 Å². The molecule has 18 heavy (non-hydrogen) atoms. The molecular formula is C16H28N2. The highest BCUT2D eigenvalue weighted by molar-refractivity contribution is 5.08. The standard InChI is InChI=1S/C16H28N2/c1-2-17-3-5-18(6-4-17)16-10-13-7-14(11-16)9-15(8-13)12-16/h13-15H,2-12H2,1H3. The summed E-state index contributed by atoms with van der Waals surface area (Å²) >= 11 is 0. The van der Waals surface area contributed by atoms with Crippen molar-refractivity contribution in [2.24, 2.45) is 17.8 Å². The summed E-state index contributed by atoms with van der Waals surface area (Å²) < 4.78 is 0. The number of nitrogens with zero attached hydrogens (tertiary/aromatic N) is 2. The molecule has 5 fully saturated rings. The van der Waals surface area contributed by atoms with Crippen LogP contribution in [0.1, 0.15) is 45.4 Å². The Kier molecular flexibility index (Phi) is 2.74. The van der Waals surface area contributed by atoms with Crippen LogP contribution in [0.4, 0.5) is 0 Å². The molecule has 2 nitrogen and oxygen atoms in total. The minimum absolute atomic E-state index is 0.661. The molecule has 0 amide bonds. The van der Waals surface area contributed by atoms with E-state index in [4.69, 9.17) is 0 Å². The molecule has 4 saturated carbocycles. The smallest absolute Gasteiger partial charge is 0.0218 e. The largest absolute Gasteiger partial charge is 0.301 e. The van der Waals surface area contributed by atoms with E-state index in [0.717, 1.165) is 17.8 Å². The van der Waals surface area contributed by atoms with Gasteiger partial charge in [-0.25, -0.2) is 0 Å². The Morgan fingerprint density at radius 1 is 0.833 bits per heavy atom. The minimum Gasteiger partial charge on any atom is -0.301 e. The molecular weight excluding hydrogens is 220 g/mol. The van der Waals surface area contributed by atoms with Crippen molar-refractivity contribution < 1.29 is 0 Å². The summed E-state index contributed by atoms with van der Waals surface area (Å²) in [6, 6.07) is 0. The van der Waals surface area contributed by atoms with E-state index in [0.29, 0.717) is 5.54 Å². The Morgan fingerprint density at radius 3 is 1.78 bits per heavy atom. The summed E-state index contributed by atoms with van der Waals surface area (Å²) in [4.78, 5) is 5.54. The molecule has 0 aromatic heterocycles. The predicted molar refractivity (Wildman–Crippen MR) is 74.6 cm³/mol. The molecule has 0 atom stereocenters. The molecule has 5 rings (SSSR count). The van der Waals surface area contributed by atoms with Gasteiger partial charge in [0.1, 0.15) is 0 Å². The van der Waals surface area contributed by atoms with Crippen LogP contribution in [0.5, 0.6) is 0 Å². The first-order valence-electron chi connectivity index (χ1n) is 8.25. The van der Waals surface area contributed by atoms with Crippen LogP contribution in [0, 0.1) is 17.8 Å². The van der Waals surface area contributed by atoms with Gasteiger partial charge >= 0.3 is 0 Å². The first-order chi connectivity index (χ1) is 8.77. The number of rotatable bonds is 2. The topological polar surface area (TPSA) is 6.48 Å². The summed E-state index contributed by atoms with van der Waals surface area (Å²) in [6.07, 6.45) is 9.37. The predicted octanol–water partition coefficient (Wildman–Crippen LogP) is 2.59. The summed E-state index contributed by atoms with van der Waals surface area (Å²) in [5.74, 6) is 3.29. The Bertz CT molecular complexity index is 282. The van der Waals surface area contributed by atoms with Crippen molar-refractivity contribution in [2.75, 3.05) is 32.7 Å². The molecule has 5 aliphatic rings. The van der Waals surface area contributed by atoms with Gasteiger partial charge in [0.25, 0.3) is 0 Å². The maximum atomic E-state index is 2.92. The summed E-state index contributed by atoms with van der Waals surface area (Å²) in [7, 11) is 0. The third-order valence-corrected chi connectivity index (χ3v) is 6.50. The summed E-state index contributed by atoms with van der Waals surface area (Å²) in [6.45, 7) is 8.88. The van der Waals surface area contributed by atoms with E-state index in [1.54, 1.807) is 38.5 Å².